The molecular weight excluding hydrogens is 320 g/mol. The van der Waals surface area contributed by atoms with Gasteiger partial charge in [-0.15, -0.1) is 12.4 Å². The number of nitrogens with one attached hydrogen (secondary N) is 2. The number of amides is 1. The zero-order valence-corrected chi connectivity index (χ0v) is 14.4. The van der Waals surface area contributed by atoms with Gasteiger partial charge in [0.2, 0.25) is 5.91 Å². The van der Waals surface area contributed by atoms with Gasteiger partial charge in [-0.2, -0.15) is 0 Å². The minimum absolute atomic E-state index is 0. The van der Waals surface area contributed by atoms with E-state index in [2.05, 4.69) is 15.4 Å². The van der Waals surface area contributed by atoms with Gasteiger partial charge in [0.05, 0.1) is 7.11 Å². The number of benzene rings is 1. The standard InChI is InChI=1S/C16H22N2O4.ClH/c1-10-6-13(22-9-15(19)21-3)4-5-14(10)18-16(20)11(2)12-7-17-8-12;/h4-6,11-12,17H,7-9H2,1-3H3,(H,18,20);1H. The summed E-state index contributed by atoms with van der Waals surface area (Å²) in [4.78, 5) is 23.3. The third-order valence-corrected chi connectivity index (χ3v) is 3.97. The number of anilines is 1. The van der Waals surface area contributed by atoms with Gasteiger partial charge in [-0.25, -0.2) is 4.79 Å². The number of esters is 1. The van der Waals surface area contributed by atoms with Crippen molar-refractivity contribution in [2.75, 3.05) is 32.1 Å². The number of halogens is 1. The molecule has 1 aliphatic rings. The molecule has 1 aromatic carbocycles. The highest BCUT2D eigenvalue weighted by atomic mass is 35.5. The molecule has 1 heterocycles. The fourth-order valence-electron chi connectivity index (χ4n) is 2.19. The van der Waals surface area contributed by atoms with Gasteiger partial charge in [0.1, 0.15) is 5.75 Å². The van der Waals surface area contributed by atoms with Gasteiger partial charge in [0.15, 0.2) is 6.61 Å². The molecule has 2 rings (SSSR count). The topological polar surface area (TPSA) is 76.7 Å². The smallest absolute Gasteiger partial charge is 0.343 e. The average Bonchev–Trinajstić information content (AvgIpc) is 2.45. The van der Waals surface area contributed by atoms with Crippen LogP contribution in [-0.4, -0.2) is 38.7 Å². The van der Waals surface area contributed by atoms with Gasteiger partial charge in [0, 0.05) is 11.6 Å². The van der Waals surface area contributed by atoms with Gasteiger partial charge in [-0.05, 0) is 49.7 Å². The molecule has 1 saturated heterocycles. The summed E-state index contributed by atoms with van der Waals surface area (Å²) in [5.41, 5.74) is 1.64. The normalized spacial score (nSPS) is 14.9. The summed E-state index contributed by atoms with van der Waals surface area (Å²) in [6.45, 7) is 5.50. The fraction of sp³-hybridized carbons (Fsp3) is 0.500. The van der Waals surface area contributed by atoms with Crippen LogP contribution in [0, 0.1) is 18.8 Å². The summed E-state index contributed by atoms with van der Waals surface area (Å²) < 4.78 is 9.83. The maximum absolute atomic E-state index is 12.2. The molecule has 7 heteroatoms. The second-order valence-electron chi connectivity index (χ2n) is 5.54. The maximum Gasteiger partial charge on any atom is 0.343 e. The Morgan fingerprint density at radius 3 is 2.61 bits per heavy atom. The molecule has 0 aliphatic carbocycles. The third kappa shape index (κ3) is 5.11. The maximum atomic E-state index is 12.2. The van der Waals surface area contributed by atoms with Gasteiger partial charge in [-0.1, -0.05) is 6.92 Å². The SMILES string of the molecule is COC(=O)COc1ccc(NC(=O)C(C)C2CNC2)c(C)c1.Cl. The molecule has 6 nitrogen and oxygen atoms in total. The van der Waals surface area contributed by atoms with Crippen molar-refractivity contribution in [1.82, 2.24) is 5.32 Å². The molecule has 23 heavy (non-hydrogen) atoms. The van der Waals surface area contributed by atoms with E-state index in [1.807, 2.05) is 13.8 Å². The van der Waals surface area contributed by atoms with Gasteiger partial charge in [0.25, 0.3) is 0 Å². The Bertz CT molecular complexity index is 561. The van der Waals surface area contributed by atoms with Crippen LogP contribution in [0.15, 0.2) is 18.2 Å². The van der Waals surface area contributed by atoms with Crippen LogP contribution < -0.4 is 15.4 Å². The molecule has 0 bridgehead atoms. The minimum Gasteiger partial charge on any atom is -0.482 e. The highest BCUT2D eigenvalue weighted by molar-refractivity contribution is 5.93. The van der Waals surface area contributed by atoms with Crippen molar-refractivity contribution in [3.63, 3.8) is 0 Å². The second kappa shape index (κ2) is 8.74. The Morgan fingerprint density at radius 1 is 1.39 bits per heavy atom. The minimum atomic E-state index is -0.432. The number of methoxy groups -OCH3 is 1. The summed E-state index contributed by atoms with van der Waals surface area (Å²) in [7, 11) is 1.31. The van der Waals surface area contributed by atoms with Gasteiger partial charge in [-0.3, -0.25) is 4.79 Å². The van der Waals surface area contributed by atoms with E-state index in [9.17, 15) is 9.59 Å². The van der Waals surface area contributed by atoms with Crippen LogP contribution in [0.3, 0.4) is 0 Å². The molecule has 1 aromatic rings. The summed E-state index contributed by atoms with van der Waals surface area (Å²) in [6.07, 6.45) is 0. The van der Waals surface area contributed by atoms with Crippen LogP contribution in [0.25, 0.3) is 0 Å². The first-order valence-corrected chi connectivity index (χ1v) is 7.33. The van der Waals surface area contributed by atoms with Crippen molar-refractivity contribution < 1.29 is 19.1 Å². The number of rotatable bonds is 6. The van der Waals surface area contributed by atoms with Crippen molar-refractivity contribution >= 4 is 30.0 Å². The highest BCUT2D eigenvalue weighted by Crippen LogP contribution is 2.23. The third-order valence-electron chi connectivity index (χ3n) is 3.97. The summed E-state index contributed by atoms with van der Waals surface area (Å²) >= 11 is 0. The van der Waals surface area contributed by atoms with Crippen LogP contribution in [0.1, 0.15) is 12.5 Å². The van der Waals surface area contributed by atoms with Crippen LogP contribution in [0.2, 0.25) is 0 Å². The van der Waals surface area contributed by atoms with E-state index in [0.29, 0.717) is 11.7 Å². The first kappa shape index (κ1) is 19.3. The second-order valence-corrected chi connectivity index (χ2v) is 5.54. The molecule has 0 saturated carbocycles. The Balaban J connectivity index is 0.00000264. The van der Waals surface area contributed by atoms with Crippen molar-refractivity contribution in [1.29, 1.82) is 0 Å². The summed E-state index contributed by atoms with van der Waals surface area (Å²) in [6, 6.07) is 5.29. The monoisotopic (exact) mass is 342 g/mol. The molecule has 1 amide bonds. The Labute approximate surface area is 142 Å². The molecule has 1 unspecified atom stereocenters. The van der Waals surface area contributed by atoms with Gasteiger partial charge >= 0.3 is 5.97 Å². The Hall–Kier alpha value is -1.79. The molecule has 2 N–H and O–H groups in total. The lowest BCUT2D eigenvalue weighted by molar-refractivity contribution is -0.142. The van der Waals surface area contributed by atoms with E-state index in [1.165, 1.54) is 7.11 Å². The fourth-order valence-corrected chi connectivity index (χ4v) is 2.19. The summed E-state index contributed by atoms with van der Waals surface area (Å²) in [5, 5.41) is 6.12. The molecule has 1 atom stereocenters. The van der Waals surface area contributed by atoms with E-state index in [4.69, 9.17) is 4.74 Å². The van der Waals surface area contributed by atoms with Crippen molar-refractivity contribution in [2.24, 2.45) is 11.8 Å². The zero-order chi connectivity index (χ0) is 16.1. The molecule has 0 aromatic heterocycles. The number of aryl methyl sites for hydroxylation is 1. The van der Waals surface area contributed by atoms with Crippen LogP contribution in [-0.2, 0) is 14.3 Å². The highest BCUT2D eigenvalue weighted by Gasteiger charge is 2.28. The van der Waals surface area contributed by atoms with E-state index < -0.39 is 5.97 Å². The first-order chi connectivity index (χ1) is 10.5. The predicted octanol–water partition coefficient (Wildman–Crippen LogP) is 1.76. The van der Waals surface area contributed by atoms with Crippen LogP contribution in [0.5, 0.6) is 5.75 Å². The number of hydrogen-bond donors (Lipinski definition) is 2. The number of ether oxygens (including phenoxy) is 2. The van der Waals surface area contributed by atoms with Crippen LogP contribution >= 0.6 is 12.4 Å². The van der Waals surface area contributed by atoms with Crippen molar-refractivity contribution in [3.8, 4) is 5.75 Å². The molecule has 1 aliphatic heterocycles. The first-order valence-electron chi connectivity index (χ1n) is 7.33. The summed E-state index contributed by atoms with van der Waals surface area (Å²) in [5.74, 6) is 0.548. The largest absolute Gasteiger partial charge is 0.482 e. The van der Waals surface area contributed by atoms with E-state index in [0.717, 1.165) is 24.3 Å². The number of hydrogen-bond acceptors (Lipinski definition) is 5. The quantitative estimate of drug-likeness (QED) is 0.770. The molecule has 0 radical (unpaired) electrons. The average molecular weight is 343 g/mol. The zero-order valence-electron chi connectivity index (χ0n) is 13.5. The molecule has 0 spiro atoms. The van der Waals surface area contributed by atoms with Crippen molar-refractivity contribution in [2.45, 2.75) is 13.8 Å². The Kier molecular flexibility index (Phi) is 7.32. The lowest BCUT2D eigenvalue weighted by atomic mass is 9.88. The van der Waals surface area contributed by atoms with Crippen LogP contribution in [0.4, 0.5) is 5.69 Å². The molecular formula is C16H23ClN2O4. The Morgan fingerprint density at radius 2 is 2.09 bits per heavy atom. The van der Waals surface area contributed by atoms with E-state index in [-0.39, 0.29) is 30.8 Å². The predicted molar refractivity (Wildman–Crippen MR) is 90.1 cm³/mol. The van der Waals surface area contributed by atoms with E-state index in [1.54, 1.807) is 18.2 Å². The lowest BCUT2D eigenvalue weighted by Gasteiger charge is -2.31. The molecule has 1 fully saturated rings. The number of carbonyl (C=O) groups excluding carboxylic acids is 2. The number of carbonyl (C=O) groups is 2. The molecule has 128 valence electrons. The van der Waals surface area contributed by atoms with E-state index >= 15 is 0 Å². The lowest BCUT2D eigenvalue weighted by Crippen LogP contribution is -2.48. The van der Waals surface area contributed by atoms with Crippen molar-refractivity contribution in [3.05, 3.63) is 23.8 Å². The van der Waals surface area contributed by atoms with Gasteiger partial charge < -0.3 is 20.1 Å².